The number of ether oxygens (including phenoxy) is 1. The highest BCUT2D eigenvalue weighted by molar-refractivity contribution is 6.20. The van der Waals surface area contributed by atoms with Gasteiger partial charge in [-0.2, -0.15) is 0 Å². The smallest absolute Gasteiger partial charge is 0.337 e. The number of fused-ring (bicyclic) bond motifs is 1. The largest absolute Gasteiger partial charge is 0.465 e. The molecule has 0 saturated carbocycles. The minimum Gasteiger partial charge on any atom is -0.465 e. The topological polar surface area (TPSA) is 72.7 Å². The molecular weight excluding hydrogens is 306 g/mol. The summed E-state index contributed by atoms with van der Waals surface area (Å²) in [6.07, 6.45) is 1.91. The van der Waals surface area contributed by atoms with Gasteiger partial charge in [-0.05, 0) is 31.0 Å². The number of benzene rings is 1. The van der Waals surface area contributed by atoms with Gasteiger partial charge in [0.15, 0.2) is 0 Å². The molecule has 0 spiro atoms. The van der Waals surface area contributed by atoms with Gasteiger partial charge in [-0.1, -0.05) is 13.8 Å². The van der Waals surface area contributed by atoms with Crippen molar-refractivity contribution in [3.63, 3.8) is 0 Å². The molecule has 1 atom stereocenters. The average molecular weight is 327 g/mol. The van der Waals surface area contributed by atoms with Gasteiger partial charge in [0.1, 0.15) is 11.4 Å². The Bertz CT molecular complexity index is 879. The van der Waals surface area contributed by atoms with Crippen LogP contribution in [0.5, 0.6) is 0 Å². The summed E-state index contributed by atoms with van der Waals surface area (Å²) in [5, 5.41) is 3.81. The number of nitrogens with one attached hydrogen (secondary N) is 1. The number of aromatic nitrogens is 1. The number of aryl methyl sites for hydroxylation is 1. The molecule has 1 aromatic heterocycles. The molecule has 3 rings (SSSR count). The van der Waals surface area contributed by atoms with Crippen molar-refractivity contribution in [1.29, 1.82) is 0 Å². The molecular formula is C18H21N3O3. The van der Waals surface area contributed by atoms with Crippen molar-refractivity contribution < 1.29 is 14.3 Å². The fourth-order valence-electron chi connectivity index (χ4n) is 2.87. The van der Waals surface area contributed by atoms with Crippen LogP contribution in [0.2, 0.25) is 0 Å². The van der Waals surface area contributed by atoms with E-state index < -0.39 is 11.5 Å². The van der Waals surface area contributed by atoms with Crippen LogP contribution in [0.25, 0.3) is 10.9 Å². The van der Waals surface area contributed by atoms with Gasteiger partial charge in [0.25, 0.3) is 5.91 Å². The van der Waals surface area contributed by atoms with Crippen LogP contribution in [0.3, 0.4) is 0 Å². The molecule has 1 aliphatic rings. The van der Waals surface area contributed by atoms with Crippen LogP contribution < -0.4 is 5.32 Å². The zero-order valence-corrected chi connectivity index (χ0v) is 14.5. The monoisotopic (exact) mass is 327 g/mol. The second-order valence-corrected chi connectivity index (χ2v) is 6.59. The van der Waals surface area contributed by atoms with E-state index in [2.05, 4.69) is 10.3 Å². The molecule has 0 aliphatic carbocycles. The highest BCUT2D eigenvalue weighted by atomic mass is 16.5. The number of carbonyl (C=O) groups excluding carboxylic acids is 2. The summed E-state index contributed by atoms with van der Waals surface area (Å²) in [5.41, 5.74) is 1.23. The zero-order valence-electron chi connectivity index (χ0n) is 14.5. The molecule has 1 amide bonds. The second kappa shape index (κ2) is 5.47. The van der Waals surface area contributed by atoms with Crippen LogP contribution in [0.1, 0.15) is 36.7 Å². The van der Waals surface area contributed by atoms with E-state index in [1.54, 1.807) is 12.1 Å². The lowest BCUT2D eigenvalue weighted by atomic mass is 9.89. The van der Waals surface area contributed by atoms with Crippen LogP contribution in [0, 0.1) is 5.92 Å². The first kappa shape index (κ1) is 16.2. The molecule has 1 aliphatic heterocycles. The highest BCUT2D eigenvalue weighted by Crippen LogP contribution is 2.30. The van der Waals surface area contributed by atoms with Gasteiger partial charge in [0.2, 0.25) is 0 Å². The molecule has 6 heteroatoms. The van der Waals surface area contributed by atoms with Gasteiger partial charge in [0.05, 0.1) is 12.7 Å². The quantitative estimate of drug-likeness (QED) is 0.879. The van der Waals surface area contributed by atoms with E-state index in [1.165, 1.54) is 7.11 Å². The summed E-state index contributed by atoms with van der Waals surface area (Å²) in [4.78, 5) is 29.1. The first-order valence-electron chi connectivity index (χ1n) is 7.87. The maximum atomic E-state index is 12.4. The summed E-state index contributed by atoms with van der Waals surface area (Å²) in [6, 6.07) is 5.45. The van der Waals surface area contributed by atoms with Crippen molar-refractivity contribution in [3.05, 3.63) is 35.5 Å². The third-order valence-electron chi connectivity index (χ3n) is 4.84. The van der Waals surface area contributed by atoms with Crippen molar-refractivity contribution in [2.75, 3.05) is 7.11 Å². The fraction of sp³-hybridized carbons (Fsp3) is 0.389. The Balaban J connectivity index is 2.23. The SMILES string of the molecule is COC(=O)c1cc(C2=NC(C)(C(C)C)C(=O)N2)c2ccn(C)c2c1. The number of methoxy groups -OCH3 is 1. The number of nitrogens with zero attached hydrogens (tertiary/aromatic N) is 2. The van der Waals surface area contributed by atoms with Crippen molar-refractivity contribution in [2.24, 2.45) is 18.0 Å². The van der Waals surface area contributed by atoms with Crippen LogP contribution in [0.4, 0.5) is 0 Å². The molecule has 6 nitrogen and oxygen atoms in total. The van der Waals surface area contributed by atoms with Crippen LogP contribution >= 0.6 is 0 Å². The molecule has 126 valence electrons. The first-order valence-corrected chi connectivity index (χ1v) is 7.87. The van der Waals surface area contributed by atoms with E-state index in [4.69, 9.17) is 4.74 Å². The van der Waals surface area contributed by atoms with Crippen LogP contribution in [0.15, 0.2) is 29.4 Å². The maximum Gasteiger partial charge on any atom is 0.337 e. The number of rotatable bonds is 3. The number of esters is 1. The Kier molecular flexibility index (Phi) is 3.70. The van der Waals surface area contributed by atoms with Gasteiger partial charge in [0, 0.05) is 29.7 Å². The number of hydrogen-bond donors (Lipinski definition) is 1. The highest BCUT2D eigenvalue weighted by Gasteiger charge is 2.42. The molecule has 0 bridgehead atoms. The molecule has 1 aromatic carbocycles. The lowest BCUT2D eigenvalue weighted by molar-refractivity contribution is -0.124. The third-order valence-corrected chi connectivity index (χ3v) is 4.84. The second-order valence-electron chi connectivity index (χ2n) is 6.59. The van der Waals surface area contributed by atoms with Gasteiger partial charge in [-0.25, -0.2) is 4.79 Å². The predicted octanol–water partition coefficient (Wildman–Crippen LogP) is 2.26. The molecule has 0 fully saturated rings. The molecule has 1 unspecified atom stereocenters. The minimum absolute atomic E-state index is 0.0602. The lowest BCUT2D eigenvalue weighted by Gasteiger charge is -2.21. The number of aliphatic imine (C=N–C) groups is 1. The normalized spacial score (nSPS) is 20.4. The number of carbonyl (C=O) groups is 2. The van der Waals surface area contributed by atoms with Crippen LogP contribution in [-0.2, 0) is 16.6 Å². The van der Waals surface area contributed by atoms with E-state index in [9.17, 15) is 9.59 Å². The molecule has 1 N–H and O–H groups in total. The molecule has 2 heterocycles. The predicted molar refractivity (Wildman–Crippen MR) is 92.2 cm³/mol. The van der Waals surface area contributed by atoms with Crippen molar-refractivity contribution >= 4 is 28.6 Å². The Morgan fingerprint density at radius 2 is 2.08 bits per heavy atom. The maximum absolute atomic E-state index is 12.4. The number of hydrogen-bond acceptors (Lipinski definition) is 4. The average Bonchev–Trinajstić information content (AvgIpc) is 3.07. The van der Waals surface area contributed by atoms with E-state index in [0.717, 1.165) is 16.5 Å². The van der Waals surface area contributed by atoms with E-state index in [-0.39, 0.29) is 11.8 Å². The molecule has 24 heavy (non-hydrogen) atoms. The van der Waals surface area contributed by atoms with Gasteiger partial charge < -0.3 is 14.6 Å². The molecule has 0 radical (unpaired) electrons. The summed E-state index contributed by atoms with van der Waals surface area (Å²) in [6.45, 7) is 5.76. The van der Waals surface area contributed by atoms with E-state index in [1.807, 2.05) is 44.6 Å². The van der Waals surface area contributed by atoms with Gasteiger partial charge >= 0.3 is 5.97 Å². The third kappa shape index (κ3) is 2.29. The molecule has 0 saturated heterocycles. The summed E-state index contributed by atoms with van der Waals surface area (Å²) >= 11 is 0. The van der Waals surface area contributed by atoms with Gasteiger partial charge in [-0.3, -0.25) is 9.79 Å². The van der Waals surface area contributed by atoms with E-state index >= 15 is 0 Å². The Labute approximate surface area is 140 Å². The first-order chi connectivity index (χ1) is 11.3. The molecule has 2 aromatic rings. The van der Waals surface area contributed by atoms with Crippen molar-refractivity contribution in [3.8, 4) is 0 Å². The Morgan fingerprint density at radius 3 is 2.67 bits per heavy atom. The Morgan fingerprint density at radius 1 is 1.38 bits per heavy atom. The van der Waals surface area contributed by atoms with E-state index in [0.29, 0.717) is 11.4 Å². The fourth-order valence-corrected chi connectivity index (χ4v) is 2.87. The van der Waals surface area contributed by atoms with Crippen molar-refractivity contribution in [1.82, 2.24) is 9.88 Å². The zero-order chi connectivity index (χ0) is 17.6. The number of amides is 1. The summed E-state index contributed by atoms with van der Waals surface area (Å²) in [7, 11) is 3.25. The standard InChI is InChI=1S/C18H21N3O3/c1-10(2)18(3)17(23)19-15(20-18)13-8-11(16(22)24-5)9-14-12(13)6-7-21(14)4/h6-10H,1-5H3,(H,19,20,23). The van der Waals surface area contributed by atoms with Crippen LogP contribution in [-0.4, -0.2) is 34.9 Å². The summed E-state index contributed by atoms with van der Waals surface area (Å²) < 4.78 is 6.77. The minimum atomic E-state index is -0.808. The van der Waals surface area contributed by atoms with Crippen molar-refractivity contribution in [2.45, 2.75) is 26.3 Å². The Hall–Kier alpha value is -2.63. The summed E-state index contributed by atoms with van der Waals surface area (Å²) in [5.74, 6) is 0.0131. The number of amidine groups is 1. The van der Waals surface area contributed by atoms with Gasteiger partial charge in [-0.15, -0.1) is 0 Å². The lowest BCUT2D eigenvalue weighted by Crippen LogP contribution is -2.41.